The zero-order valence-electron chi connectivity index (χ0n) is 14.3. The first-order chi connectivity index (χ1) is 12.9. The molecular formula is C18H15FN4O4. The summed E-state index contributed by atoms with van der Waals surface area (Å²) in [4.78, 5) is 22.6. The highest BCUT2D eigenvalue weighted by Crippen LogP contribution is 2.26. The van der Waals surface area contributed by atoms with E-state index in [1.54, 1.807) is 19.1 Å². The molecule has 0 fully saturated rings. The molecule has 0 unspecified atom stereocenters. The van der Waals surface area contributed by atoms with Gasteiger partial charge in [-0.2, -0.15) is 5.10 Å². The highest BCUT2D eigenvalue weighted by Gasteiger charge is 2.15. The van der Waals surface area contributed by atoms with E-state index in [4.69, 9.17) is 4.74 Å². The number of para-hydroxylation sites is 2. The molecule has 0 bridgehead atoms. The second kappa shape index (κ2) is 7.65. The molecule has 2 aromatic carbocycles. The molecule has 3 aromatic rings. The van der Waals surface area contributed by atoms with Gasteiger partial charge in [-0.15, -0.1) is 0 Å². The van der Waals surface area contributed by atoms with Crippen molar-refractivity contribution in [3.8, 4) is 5.75 Å². The lowest BCUT2D eigenvalue weighted by atomic mass is 10.2. The van der Waals surface area contributed by atoms with Gasteiger partial charge >= 0.3 is 5.69 Å². The molecule has 1 amide bonds. The quantitative estimate of drug-likeness (QED) is 0.529. The predicted molar refractivity (Wildman–Crippen MR) is 95.0 cm³/mol. The summed E-state index contributed by atoms with van der Waals surface area (Å²) in [5, 5.41) is 17.5. The molecule has 27 heavy (non-hydrogen) atoms. The summed E-state index contributed by atoms with van der Waals surface area (Å²) in [6, 6.07) is 11.8. The molecule has 1 heterocycles. The minimum absolute atomic E-state index is 0.0575. The maximum atomic E-state index is 13.7. The predicted octanol–water partition coefficient (Wildman–Crippen LogP) is 3.53. The number of nitrogens with one attached hydrogen (secondary N) is 1. The van der Waals surface area contributed by atoms with Crippen LogP contribution in [0.5, 0.6) is 5.75 Å². The first-order valence-corrected chi connectivity index (χ1v) is 7.91. The number of carbonyl (C=O) groups excluding carboxylic acids is 1. The molecule has 0 atom stereocenters. The summed E-state index contributed by atoms with van der Waals surface area (Å²) in [6.45, 7) is 1.65. The van der Waals surface area contributed by atoms with Gasteiger partial charge in [0.05, 0.1) is 10.6 Å². The first-order valence-electron chi connectivity index (χ1n) is 7.91. The van der Waals surface area contributed by atoms with Crippen LogP contribution in [0.2, 0.25) is 0 Å². The Morgan fingerprint density at radius 2 is 2.07 bits per heavy atom. The Morgan fingerprint density at radius 1 is 1.30 bits per heavy atom. The number of nitro groups is 1. The molecule has 0 spiro atoms. The SMILES string of the molecule is Cc1ccc(F)c(NC(=O)c2ccn(COc3ccccc3[N+](=O)[O-])n2)c1. The summed E-state index contributed by atoms with van der Waals surface area (Å²) < 4.78 is 20.4. The number of benzene rings is 2. The minimum atomic E-state index is -0.580. The number of rotatable bonds is 6. The van der Waals surface area contributed by atoms with E-state index in [0.717, 1.165) is 5.56 Å². The van der Waals surface area contributed by atoms with Crippen LogP contribution in [0, 0.1) is 22.9 Å². The Labute approximate surface area is 153 Å². The van der Waals surface area contributed by atoms with E-state index in [9.17, 15) is 19.3 Å². The van der Waals surface area contributed by atoms with Crippen molar-refractivity contribution in [3.63, 3.8) is 0 Å². The number of nitro benzene ring substituents is 1. The van der Waals surface area contributed by atoms with Gasteiger partial charge in [0, 0.05) is 12.3 Å². The fourth-order valence-electron chi connectivity index (χ4n) is 2.34. The van der Waals surface area contributed by atoms with Crippen molar-refractivity contribution < 1.29 is 18.8 Å². The van der Waals surface area contributed by atoms with E-state index in [2.05, 4.69) is 10.4 Å². The van der Waals surface area contributed by atoms with Crippen LogP contribution in [0.4, 0.5) is 15.8 Å². The topological polar surface area (TPSA) is 99.3 Å². The summed E-state index contributed by atoms with van der Waals surface area (Å²) in [5.74, 6) is -1.04. The van der Waals surface area contributed by atoms with Gasteiger partial charge < -0.3 is 10.1 Å². The van der Waals surface area contributed by atoms with E-state index in [1.165, 1.54) is 47.3 Å². The van der Waals surface area contributed by atoms with Gasteiger partial charge in [0.25, 0.3) is 5.91 Å². The number of nitrogens with zero attached hydrogens (tertiary/aromatic N) is 3. The molecular weight excluding hydrogens is 355 g/mol. The van der Waals surface area contributed by atoms with E-state index in [-0.39, 0.29) is 29.5 Å². The van der Waals surface area contributed by atoms with Gasteiger partial charge in [0.1, 0.15) is 5.82 Å². The molecule has 0 aliphatic heterocycles. The van der Waals surface area contributed by atoms with Gasteiger partial charge in [0.15, 0.2) is 18.2 Å². The second-order valence-corrected chi connectivity index (χ2v) is 5.68. The van der Waals surface area contributed by atoms with Crippen LogP contribution in [-0.2, 0) is 6.73 Å². The smallest absolute Gasteiger partial charge is 0.311 e. The van der Waals surface area contributed by atoms with Crippen molar-refractivity contribution in [1.82, 2.24) is 9.78 Å². The van der Waals surface area contributed by atoms with E-state index in [1.807, 2.05) is 0 Å². The Hall–Kier alpha value is -3.75. The molecule has 8 nitrogen and oxygen atoms in total. The van der Waals surface area contributed by atoms with Crippen LogP contribution in [0.3, 0.4) is 0 Å². The van der Waals surface area contributed by atoms with Crippen molar-refractivity contribution in [2.75, 3.05) is 5.32 Å². The number of aryl methyl sites for hydroxylation is 1. The van der Waals surface area contributed by atoms with Gasteiger partial charge in [-0.25, -0.2) is 9.07 Å². The highest BCUT2D eigenvalue weighted by molar-refractivity contribution is 6.02. The summed E-state index contributed by atoms with van der Waals surface area (Å²) in [7, 11) is 0. The average molecular weight is 370 g/mol. The normalized spacial score (nSPS) is 10.4. The zero-order valence-corrected chi connectivity index (χ0v) is 14.3. The molecule has 0 aliphatic rings. The second-order valence-electron chi connectivity index (χ2n) is 5.68. The maximum absolute atomic E-state index is 13.7. The molecule has 0 saturated heterocycles. The summed E-state index contributed by atoms with van der Waals surface area (Å²) >= 11 is 0. The van der Waals surface area contributed by atoms with Crippen LogP contribution in [-0.4, -0.2) is 20.6 Å². The molecule has 1 aromatic heterocycles. The zero-order chi connectivity index (χ0) is 19.4. The lowest BCUT2D eigenvalue weighted by molar-refractivity contribution is -0.386. The van der Waals surface area contributed by atoms with Gasteiger partial charge in [-0.05, 0) is 36.8 Å². The van der Waals surface area contributed by atoms with E-state index < -0.39 is 16.6 Å². The van der Waals surface area contributed by atoms with E-state index in [0.29, 0.717) is 0 Å². The summed E-state index contributed by atoms with van der Waals surface area (Å²) in [5.41, 5.74) is 0.750. The molecule has 0 saturated carbocycles. The minimum Gasteiger partial charge on any atom is -0.464 e. The number of anilines is 1. The van der Waals surface area contributed by atoms with Crippen LogP contribution in [0.25, 0.3) is 0 Å². The number of halogens is 1. The first kappa shape index (κ1) is 18.1. The monoisotopic (exact) mass is 370 g/mol. The number of carbonyl (C=O) groups is 1. The van der Waals surface area contributed by atoms with Gasteiger partial charge in [-0.1, -0.05) is 18.2 Å². The standard InChI is InChI=1S/C18H15FN4O4/c1-12-6-7-13(19)15(10-12)20-18(24)14-8-9-22(21-14)11-27-17-5-3-2-4-16(17)23(25)26/h2-10H,11H2,1H3,(H,20,24). The number of amides is 1. The van der Waals surface area contributed by atoms with Crippen molar-refractivity contribution in [3.05, 3.63) is 81.9 Å². The van der Waals surface area contributed by atoms with Crippen LogP contribution in [0.1, 0.15) is 16.1 Å². The molecule has 1 N–H and O–H groups in total. The van der Waals surface area contributed by atoms with Crippen LogP contribution >= 0.6 is 0 Å². The Balaban J connectivity index is 1.67. The molecule has 9 heteroatoms. The number of ether oxygens (including phenoxy) is 1. The fraction of sp³-hybridized carbons (Fsp3) is 0.111. The van der Waals surface area contributed by atoms with Gasteiger partial charge in [-0.3, -0.25) is 14.9 Å². The third kappa shape index (κ3) is 4.27. The van der Waals surface area contributed by atoms with Crippen molar-refractivity contribution in [1.29, 1.82) is 0 Å². The molecule has 138 valence electrons. The third-order valence-electron chi connectivity index (χ3n) is 3.66. The Morgan fingerprint density at radius 3 is 2.85 bits per heavy atom. The Bertz CT molecular complexity index is 1000. The third-order valence-corrected chi connectivity index (χ3v) is 3.66. The van der Waals surface area contributed by atoms with Crippen molar-refractivity contribution in [2.45, 2.75) is 13.7 Å². The largest absolute Gasteiger partial charge is 0.464 e. The van der Waals surface area contributed by atoms with Crippen LogP contribution < -0.4 is 10.1 Å². The lowest BCUT2D eigenvalue weighted by Crippen LogP contribution is -2.15. The van der Waals surface area contributed by atoms with Gasteiger partial charge in [0.2, 0.25) is 0 Å². The van der Waals surface area contributed by atoms with Crippen LogP contribution in [0.15, 0.2) is 54.7 Å². The average Bonchev–Trinajstić information content (AvgIpc) is 3.12. The summed E-state index contributed by atoms with van der Waals surface area (Å²) in [6.07, 6.45) is 1.48. The van der Waals surface area contributed by atoms with Crippen molar-refractivity contribution >= 4 is 17.3 Å². The molecule has 0 aliphatic carbocycles. The van der Waals surface area contributed by atoms with E-state index >= 15 is 0 Å². The maximum Gasteiger partial charge on any atom is 0.311 e. The molecule has 3 rings (SSSR count). The number of hydrogen-bond acceptors (Lipinski definition) is 5. The highest BCUT2D eigenvalue weighted by atomic mass is 19.1. The number of hydrogen-bond donors (Lipinski definition) is 1. The van der Waals surface area contributed by atoms with Crippen molar-refractivity contribution in [2.24, 2.45) is 0 Å². The fourth-order valence-corrected chi connectivity index (χ4v) is 2.34. The lowest BCUT2D eigenvalue weighted by Gasteiger charge is -2.07. The number of aromatic nitrogens is 2. The molecule has 0 radical (unpaired) electrons. The Kier molecular flexibility index (Phi) is 5.11.